The molecule has 1 aromatic carbocycles. The van der Waals surface area contributed by atoms with Crippen molar-refractivity contribution in [3.63, 3.8) is 0 Å². The molecule has 0 saturated carbocycles. The smallest absolute Gasteiger partial charge is 0.258 e. The summed E-state index contributed by atoms with van der Waals surface area (Å²) in [7, 11) is 0. The topological polar surface area (TPSA) is 105 Å². The molecule has 6 nitrogen and oxygen atoms in total. The molecule has 0 saturated heterocycles. The van der Waals surface area contributed by atoms with E-state index < -0.39 is 0 Å². The van der Waals surface area contributed by atoms with E-state index in [1.165, 1.54) is 4.91 Å². The first-order valence-corrected chi connectivity index (χ1v) is 3.64. The Morgan fingerprint density at radius 1 is 1.00 bits per heavy atom. The summed E-state index contributed by atoms with van der Waals surface area (Å²) in [6.45, 7) is 0. The molecule has 6 heteroatoms. The van der Waals surface area contributed by atoms with Crippen molar-refractivity contribution >= 4 is 11.8 Å². The molecular weight excluding hydrogens is 184 g/mol. The Balaban J connectivity index is 0.000000293. The predicted molar refractivity (Wildman–Crippen MR) is 48.3 cm³/mol. The predicted octanol–water partition coefficient (Wildman–Crippen LogP) is 1.44. The van der Waals surface area contributed by atoms with Crippen molar-refractivity contribution in [2.45, 2.75) is 0 Å². The zero-order valence-electron chi connectivity index (χ0n) is 6.97. The molecule has 2 amide bonds. The second kappa shape index (κ2) is 4.06. The quantitative estimate of drug-likeness (QED) is 0.288. The summed E-state index contributed by atoms with van der Waals surface area (Å²) in [6, 6.07) is 6.74. The van der Waals surface area contributed by atoms with Crippen molar-refractivity contribution in [1.82, 2.24) is 5.32 Å². The van der Waals surface area contributed by atoms with E-state index in [4.69, 9.17) is 11.1 Å². The molecule has 0 atom stereocenters. The van der Waals surface area contributed by atoms with Gasteiger partial charge in [-0.2, -0.15) is 0 Å². The first-order chi connectivity index (χ1) is 6.70. The van der Waals surface area contributed by atoms with E-state index in [0.29, 0.717) is 11.1 Å². The average Bonchev–Trinajstić information content (AvgIpc) is 2.45. The Hall–Kier alpha value is -2.33. The van der Waals surface area contributed by atoms with Crippen LogP contribution in [0, 0.1) is 0 Å². The number of amides is 2. The molecule has 1 heterocycles. The standard InChI is InChI=1S/C8H5NO2.N3/c10-7-5-3-1-2-4-6(5)8(11)9-7;1-3-2/h1-4H,(H,9,10,11);/q;-1. The van der Waals surface area contributed by atoms with E-state index in [9.17, 15) is 9.59 Å². The van der Waals surface area contributed by atoms with Crippen LogP contribution in [0.25, 0.3) is 16.0 Å². The molecule has 0 radical (unpaired) electrons. The van der Waals surface area contributed by atoms with Gasteiger partial charge in [0.05, 0.1) is 11.1 Å². The molecule has 2 rings (SSSR count). The number of carbonyl (C=O) groups excluding carboxylic acids is 2. The van der Waals surface area contributed by atoms with Gasteiger partial charge in [0.1, 0.15) is 0 Å². The molecule has 1 aliphatic heterocycles. The number of benzene rings is 1. The minimum absolute atomic E-state index is 0.300. The van der Waals surface area contributed by atoms with E-state index >= 15 is 0 Å². The summed E-state index contributed by atoms with van der Waals surface area (Å²) in [5.74, 6) is -0.601. The fraction of sp³-hybridized carbons (Fsp3) is 0. The fourth-order valence-corrected chi connectivity index (χ4v) is 1.12. The van der Waals surface area contributed by atoms with Crippen molar-refractivity contribution in [3.8, 4) is 0 Å². The molecule has 70 valence electrons. The molecule has 1 aliphatic rings. The van der Waals surface area contributed by atoms with Crippen molar-refractivity contribution in [1.29, 1.82) is 0 Å². The average molecular weight is 189 g/mol. The normalized spacial score (nSPS) is 12.0. The first kappa shape index (κ1) is 9.76. The van der Waals surface area contributed by atoms with Gasteiger partial charge in [-0.1, -0.05) is 12.1 Å². The summed E-state index contributed by atoms with van der Waals surface area (Å²) < 4.78 is 0. The van der Waals surface area contributed by atoms with Gasteiger partial charge in [-0.3, -0.25) is 19.8 Å². The lowest BCUT2D eigenvalue weighted by Crippen LogP contribution is -2.19. The van der Waals surface area contributed by atoms with E-state index in [0.717, 1.165) is 0 Å². The van der Waals surface area contributed by atoms with E-state index in [1.54, 1.807) is 24.3 Å². The maximum Gasteiger partial charge on any atom is 0.258 e. The van der Waals surface area contributed by atoms with Crippen LogP contribution in [0.5, 0.6) is 0 Å². The van der Waals surface area contributed by atoms with Crippen molar-refractivity contribution < 1.29 is 9.59 Å². The molecule has 0 unspecified atom stereocenters. The maximum atomic E-state index is 10.9. The molecule has 0 aromatic heterocycles. The zero-order valence-corrected chi connectivity index (χ0v) is 6.97. The van der Waals surface area contributed by atoms with Gasteiger partial charge in [0, 0.05) is 0 Å². The van der Waals surface area contributed by atoms with Crippen LogP contribution in [0.4, 0.5) is 0 Å². The van der Waals surface area contributed by atoms with Crippen LogP contribution in [0.2, 0.25) is 0 Å². The summed E-state index contributed by atoms with van der Waals surface area (Å²) in [4.78, 5) is 23.4. The van der Waals surface area contributed by atoms with E-state index in [-0.39, 0.29) is 11.8 Å². The highest BCUT2D eigenvalue weighted by Crippen LogP contribution is 2.13. The number of hydrogen-bond donors (Lipinski definition) is 1. The number of nitrogens with one attached hydrogen (secondary N) is 1. The number of hydrogen-bond acceptors (Lipinski definition) is 2. The summed E-state index contributed by atoms with van der Waals surface area (Å²) >= 11 is 0. The number of nitrogens with zero attached hydrogens (tertiary/aromatic N) is 3. The second-order valence-corrected chi connectivity index (χ2v) is 2.42. The zero-order chi connectivity index (χ0) is 10.6. The van der Waals surface area contributed by atoms with Crippen LogP contribution in [0.15, 0.2) is 24.3 Å². The second-order valence-electron chi connectivity index (χ2n) is 2.42. The summed E-state index contributed by atoms with van der Waals surface area (Å²) in [6.07, 6.45) is 0. The SMILES string of the molecule is O=C1NC(=O)c2ccccc21.[N-]=[N+]=[N-]. The van der Waals surface area contributed by atoms with Gasteiger partial charge in [-0.25, -0.2) is 0 Å². The van der Waals surface area contributed by atoms with Crippen molar-refractivity contribution in [2.24, 2.45) is 0 Å². The van der Waals surface area contributed by atoms with Gasteiger partial charge in [0.15, 0.2) is 0 Å². The minimum atomic E-state index is -0.300. The third kappa shape index (κ3) is 1.70. The summed E-state index contributed by atoms with van der Waals surface area (Å²) in [5, 5.41) is 2.20. The third-order valence-corrected chi connectivity index (χ3v) is 1.64. The lowest BCUT2D eigenvalue weighted by molar-refractivity contribution is 0.0879. The molecular formula is C8H5N4O2-. The van der Waals surface area contributed by atoms with Crippen LogP contribution in [0.3, 0.4) is 0 Å². The Kier molecular flexibility index (Phi) is 2.83. The van der Waals surface area contributed by atoms with Gasteiger partial charge < -0.3 is 11.1 Å². The van der Waals surface area contributed by atoms with Crippen molar-refractivity contribution in [2.75, 3.05) is 0 Å². The molecule has 14 heavy (non-hydrogen) atoms. The maximum absolute atomic E-state index is 10.9. The Bertz CT molecular complexity index is 388. The Morgan fingerprint density at radius 3 is 1.71 bits per heavy atom. The fourth-order valence-electron chi connectivity index (χ4n) is 1.12. The lowest BCUT2D eigenvalue weighted by Gasteiger charge is -1.88. The van der Waals surface area contributed by atoms with Gasteiger partial charge in [-0.15, -0.1) is 0 Å². The highest BCUT2D eigenvalue weighted by atomic mass is 16.2. The number of imide groups is 1. The third-order valence-electron chi connectivity index (χ3n) is 1.64. The van der Waals surface area contributed by atoms with Crippen LogP contribution >= 0.6 is 0 Å². The molecule has 1 N–H and O–H groups in total. The van der Waals surface area contributed by atoms with Crippen molar-refractivity contribution in [3.05, 3.63) is 51.4 Å². The molecule has 0 fully saturated rings. The van der Waals surface area contributed by atoms with Gasteiger partial charge >= 0.3 is 0 Å². The summed E-state index contributed by atoms with van der Waals surface area (Å²) in [5.41, 5.74) is 14.4. The molecule has 0 bridgehead atoms. The highest BCUT2D eigenvalue weighted by Gasteiger charge is 2.25. The largest absolute Gasteiger partial charge is 0.373 e. The van der Waals surface area contributed by atoms with Gasteiger partial charge in [0.2, 0.25) is 0 Å². The lowest BCUT2D eigenvalue weighted by atomic mass is 10.1. The Morgan fingerprint density at radius 2 is 1.36 bits per heavy atom. The van der Waals surface area contributed by atoms with Crippen LogP contribution < -0.4 is 5.32 Å². The number of fused-ring (bicyclic) bond motifs is 1. The highest BCUT2D eigenvalue weighted by molar-refractivity contribution is 6.21. The van der Waals surface area contributed by atoms with Crippen LogP contribution in [-0.4, -0.2) is 11.8 Å². The van der Waals surface area contributed by atoms with Gasteiger partial charge in [-0.05, 0) is 12.1 Å². The van der Waals surface area contributed by atoms with E-state index in [2.05, 4.69) is 5.32 Å². The monoisotopic (exact) mass is 189 g/mol. The molecule has 1 aromatic rings. The Labute approximate surface area is 79.0 Å². The molecule has 0 aliphatic carbocycles. The van der Waals surface area contributed by atoms with Crippen LogP contribution in [-0.2, 0) is 0 Å². The van der Waals surface area contributed by atoms with Crippen LogP contribution in [0.1, 0.15) is 20.7 Å². The van der Waals surface area contributed by atoms with E-state index in [1.807, 2.05) is 0 Å². The first-order valence-electron chi connectivity index (χ1n) is 3.64. The van der Waals surface area contributed by atoms with Gasteiger partial charge in [0.25, 0.3) is 11.8 Å². The number of rotatable bonds is 0. The number of carbonyl (C=O) groups is 2. The molecule has 0 spiro atoms. The minimum Gasteiger partial charge on any atom is -0.373 e.